The second-order valence-electron chi connectivity index (χ2n) is 4.11. The van der Waals surface area contributed by atoms with Crippen LogP contribution in [0.15, 0.2) is 17.5 Å². The minimum Gasteiger partial charge on any atom is -0.379 e. The van der Waals surface area contributed by atoms with Crippen LogP contribution in [0.2, 0.25) is 0 Å². The Morgan fingerprint density at radius 3 is 2.78 bits per heavy atom. The van der Waals surface area contributed by atoms with Gasteiger partial charge >= 0.3 is 0 Å². The molecule has 1 saturated heterocycles. The molecule has 7 heteroatoms. The molecule has 0 radical (unpaired) electrons. The first-order valence-electron chi connectivity index (χ1n) is 6.02. The van der Waals surface area contributed by atoms with Crippen molar-refractivity contribution in [3.63, 3.8) is 0 Å². The molecule has 5 nitrogen and oxygen atoms in total. The highest BCUT2D eigenvalue weighted by molar-refractivity contribution is 7.87. The molecule has 1 fully saturated rings. The highest BCUT2D eigenvalue weighted by atomic mass is 32.2. The van der Waals surface area contributed by atoms with Gasteiger partial charge in [0.2, 0.25) is 0 Å². The van der Waals surface area contributed by atoms with Gasteiger partial charge in [-0.25, -0.2) is 0 Å². The lowest BCUT2D eigenvalue weighted by Gasteiger charge is -2.28. The highest BCUT2D eigenvalue weighted by Gasteiger charge is 2.27. The Kier molecular flexibility index (Phi) is 4.74. The van der Waals surface area contributed by atoms with Gasteiger partial charge in [0.25, 0.3) is 10.2 Å². The molecule has 18 heavy (non-hydrogen) atoms. The van der Waals surface area contributed by atoms with Crippen molar-refractivity contribution in [2.45, 2.75) is 19.4 Å². The molecule has 0 bridgehead atoms. The summed E-state index contributed by atoms with van der Waals surface area (Å²) in [5.74, 6) is 0. The van der Waals surface area contributed by atoms with Crippen molar-refractivity contribution in [2.75, 3.05) is 26.3 Å². The van der Waals surface area contributed by atoms with E-state index in [1.807, 2.05) is 24.4 Å². The number of nitrogens with one attached hydrogen (secondary N) is 1. The van der Waals surface area contributed by atoms with Crippen LogP contribution in [0.5, 0.6) is 0 Å². The first-order chi connectivity index (χ1) is 8.63. The summed E-state index contributed by atoms with van der Waals surface area (Å²) in [6, 6.07) is 3.75. The molecule has 0 aliphatic carbocycles. The molecule has 0 saturated carbocycles. The van der Waals surface area contributed by atoms with E-state index in [9.17, 15) is 8.42 Å². The molecule has 1 aromatic heterocycles. The predicted octanol–water partition coefficient (Wildman–Crippen LogP) is 1.37. The van der Waals surface area contributed by atoms with Crippen LogP contribution < -0.4 is 4.72 Å². The van der Waals surface area contributed by atoms with Gasteiger partial charge in [-0.05, 0) is 17.9 Å². The van der Waals surface area contributed by atoms with Gasteiger partial charge in [0.1, 0.15) is 0 Å². The predicted molar refractivity (Wildman–Crippen MR) is 71.8 cm³/mol. The van der Waals surface area contributed by atoms with Gasteiger partial charge in [0, 0.05) is 18.0 Å². The van der Waals surface area contributed by atoms with Gasteiger partial charge in [0.05, 0.1) is 19.3 Å². The maximum Gasteiger partial charge on any atom is 0.280 e. The van der Waals surface area contributed by atoms with Crippen molar-refractivity contribution >= 4 is 21.5 Å². The summed E-state index contributed by atoms with van der Waals surface area (Å²) in [6.07, 6.45) is 0.740. The summed E-state index contributed by atoms with van der Waals surface area (Å²) in [6.45, 7) is 3.77. The van der Waals surface area contributed by atoms with Gasteiger partial charge in [-0.15, -0.1) is 11.3 Å². The summed E-state index contributed by atoms with van der Waals surface area (Å²) >= 11 is 1.57. The van der Waals surface area contributed by atoms with E-state index in [2.05, 4.69) is 4.72 Å². The number of nitrogens with zero attached hydrogens (tertiary/aromatic N) is 1. The molecule has 0 aromatic carbocycles. The van der Waals surface area contributed by atoms with Gasteiger partial charge in [-0.2, -0.15) is 17.4 Å². The van der Waals surface area contributed by atoms with Gasteiger partial charge in [-0.3, -0.25) is 0 Å². The van der Waals surface area contributed by atoms with Gasteiger partial charge < -0.3 is 4.74 Å². The van der Waals surface area contributed by atoms with Crippen LogP contribution in [0.25, 0.3) is 0 Å². The minimum atomic E-state index is -3.41. The Bertz CT molecular complexity index is 453. The van der Waals surface area contributed by atoms with Crippen molar-refractivity contribution < 1.29 is 13.2 Å². The normalized spacial score (nSPS) is 19.8. The van der Waals surface area contributed by atoms with Crippen molar-refractivity contribution in [3.8, 4) is 0 Å². The monoisotopic (exact) mass is 290 g/mol. The standard InChI is InChI=1S/C11H18N2O3S2/c1-2-10(11-4-3-9-17-11)12-18(14,15)13-5-7-16-8-6-13/h3-4,9-10,12H,2,5-8H2,1H3. The van der Waals surface area contributed by atoms with Crippen molar-refractivity contribution in [1.82, 2.24) is 9.03 Å². The maximum atomic E-state index is 12.2. The summed E-state index contributed by atoms with van der Waals surface area (Å²) in [4.78, 5) is 1.05. The molecule has 1 atom stereocenters. The topological polar surface area (TPSA) is 58.6 Å². The number of hydrogen-bond acceptors (Lipinski definition) is 4. The SMILES string of the molecule is CCC(NS(=O)(=O)N1CCOCC1)c1cccs1. The smallest absolute Gasteiger partial charge is 0.280 e. The third-order valence-corrected chi connectivity index (χ3v) is 5.51. The Morgan fingerprint density at radius 2 is 2.22 bits per heavy atom. The second kappa shape index (κ2) is 6.12. The first kappa shape index (κ1) is 14.0. The fourth-order valence-corrected chi connectivity index (χ4v) is 4.24. The fraction of sp³-hybridized carbons (Fsp3) is 0.636. The summed E-state index contributed by atoms with van der Waals surface area (Å²) < 4.78 is 33.8. The molecule has 1 aliphatic rings. The van der Waals surface area contributed by atoms with E-state index in [0.717, 1.165) is 11.3 Å². The van der Waals surface area contributed by atoms with Crippen LogP contribution in [-0.2, 0) is 14.9 Å². The third-order valence-electron chi connectivity index (χ3n) is 2.90. The maximum absolute atomic E-state index is 12.2. The fourth-order valence-electron chi connectivity index (χ4n) is 1.87. The zero-order valence-electron chi connectivity index (χ0n) is 10.3. The average Bonchev–Trinajstić information content (AvgIpc) is 2.91. The Hall–Kier alpha value is -0.470. The lowest BCUT2D eigenvalue weighted by molar-refractivity contribution is 0.0723. The average molecular weight is 290 g/mol. The third kappa shape index (κ3) is 3.30. The summed E-state index contributed by atoms with van der Waals surface area (Å²) in [7, 11) is -3.41. The van der Waals surface area contributed by atoms with Crippen LogP contribution in [0.1, 0.15) is 24.3 Å². The molecular weight excluding hydrogens is 272 g/mol. The van der Waals surface area contributed by atoms with Gasteiger partial charge in [-0.1, -0.05) is 13.0 Å². The Labute approximate surface area is 112 Å². The van der Waals surface area contributed by atoms with Crippen LogP contribution in [-0.4, -0.2) is 39.0 Å². The number of ether oxygens (including phenoxy) is 1. The van der Waals surface area contributed by atoms with E-state index in [-0.39, 0.29) is 6.04 Å². The molecule has 1 N–H and O–H groups in total. The lowest BCUT2D eigenvalue weighted by Crippen LogP contribution is -2.47. The summed E-state index contributed by atoms with van der Waals surface area (Å²) in [5, 5.41) is 1.96. The molecule has 102 valence electrons. The van der Waals surface area contributed by atoms with Crippen LogP contribution in [0.4, 0.5) is 0 Å². The number of morpholine rings is 1. The number of hydrogen-bond donors (Lipinski definition) is 1. The van der Waals surface area contributed by atoms with Crippen LogP contribution >= 0.6 is 11.3 Å². The van der Waals surface area contributed by atoms with E-state index >= 15 is 0 Å². The summed E-state index contributed by atoms with van der Waals surface area (Å²) in [5.41, 5.74) is 0. The molecule has 0 amide bonds. The zero-order valence-corrected chi connectivity index (χ0v) is 12.0. The highest BCUT2D eigenvalue weighted by Crippen LogP contribution is 2.23. The molecule has 2 heterocycles. The van der Waals surface area contributed by atoms with E-state index in [1.165, 1.54) is 4.31 Å². The van der Waals surface area contributed by atoms with Crippen LogP contribution in [0, 0.1) is 0 Å². The molecule has 1 aromatic rings. The van der Waals surface area contributed by atoms with Crippen LogP contribution in [0.3, 0.4) is 0 Å². The largest absolute Gasteiger partial charge is 0.379 e. The lowest BCUT2D eigenvalue weighted by atomic mass is 10.2. The van der Waals surface area contributed by atoms with Gasteiger partial charge in [0.15, 0.2) is 0 Å². The van der Waals surface area contributed by atoms with E-state index in [0.29, 0.717) is 26.3 Å². The molecule has 1 unspecified atom stereocenters. The van der Waals surface area contributed by atoms with E-state index < -0.39 is 10.2 Å². The zero-order chi connectivity index (χ0) is 13.0. The van der Waals surface area contributed by atoms with E-state index in [4.69, 9.17) is 4.74 Å². The van der Waals surface area contributed by atoms with E-state index in [1.54, 1.807) is 11.3 Å². The Balaban J connectivity index is 2.06. The van der Waals surface area contributed by atoms with Crippen molar-refractivity contribution in [3.05, 3.63) is 22.4 Å². The first-order valence-corrected chi connectivity index (χ1v) is 8.34. The quantitative estimate of drug-likeness (QED) is 0.891. The minimum absolute atomic E-state index is 0.141. The molecule has 0 spiro atoms. The number of rotatable bonds is 5. The molecule has 1 aliphatic heterocycles. The second-order valence-corrected chi connectivity index (χ2v) is 6.79. The number of thiophene rings is 1. The van der Waals surface area contributed by atoms with Crippen molar-refractivity contribution in [1.29, 1.82) is 0 Å². The molecule has 2 rings (SSSR count). The van der Waals surface area contributed by atoms with Crippen molar-refractivity contribution in [2.24, 2.45) is 0 Å². The Morgan fingerprint density at radius 1 is 1.50 bits per heavy atom. The molecular formula is C11H18N2O3S2.